The first-order valence-electron chi connectivity index (χ1n) is 9.62. The Kier molecular flexibility index (Phi) is 7.08. The maximum absolute atomic E-state index is 4.66. The Labute approximate surface area is 187 Å². The van der Waals surface area contributed by atoms with Gasteiger partial charge in [0, 0.05) is 36.4 Å². The Balaban J connectivity index is 0.00000240. The summed E-state index contributed by atoms with van der Waals surface area (Å²) >= 11 is 0. The quantitative estimate of drug-likeness (QED) is 0.214. The highest BCUT2D eigenvalue weighted by atomic mass is 127. The van der Waals surface area contributed by atoms with E-state index in [0.717, 1.165) is 36.9 Å². The van der Waals surface area contributed by atoms with E-state index in [1.165, 1.54) is 22.0 Å². The van der Waals surface area contributed by atoms with Crippen LogP contribution in [0.3, 0.4) is 0 Å². The molecular weight excluding hydrogens is 477 g/mol. The van der Waals surface area contributed by atoms with Crippen molar-refractivity contribution in [3.8, 4) is 0 Å². The van der Waals surface area contributed by atoms with Gasteiger partial charge in [-0.05, 0) is 43.5 Å². The molecule has 7 nitrogen and oxygen atoms in total. The standard InChI is InChI=1S/C21H25N7.HI/c1-3-22-21(25-14-19-27-26-18-9-4-5-12-28(18)19)23-11-10-16-13-24-20-15(2)7-6-8-17(16)20;/h4-9,12-13,24H,3,10-11,14H2,1-2H3,(H2,22,23,25);1H. The summed E-state index contributed by atoms with van der Waals surface area (Å²) in [7, 11) is 0. The van der Waals surface area contributed by atoms with E-state index >= 15 is 0 Å². The number of para-hydroxylation sites is 1. The number of aromatic nitrogens is 4. The number of fused-ring (bicyclic) bond motifs is 2. The van der Waals surface area contributed by atoms with Crippen molar-refractivity contribution >= 4 is 46.5 Å². The van der Waals surface area contributed by atoms with E-state index in [9.17, 15) is 0 Å². The Bertz CT molecular complexity index is 1110. The van der Waals surface area contributed by atoms with Crippen LogP contribution in [0, 0.1) is 6.92 Å². The summed E-state index contributed by atoms with van der Waals surface area (Å²) in [5, 5.41) is 16.4. The molecule has 0 bridgehead atoms. The van der Waals surface area contributed by atoms with Gasteiger partial charge in [-0.25, -0.2) is 4.99 Å². The highest BCUT2D eigenvalue weighted by Gasteiger charge is 2.07. The van der Waals surface area contributed by atoms with E-state index in [0.29, 0.717) is 6.54 Å². The molecule has 0 amide bonds. The Morgan fingerprint density at radius 1 is 1.14 bits per heavy atom. The number of aliphatic imine (C=N–C) groups is 1. The number of benzene rings is 1. The minimum Gasteiger partial charge on any atom is -0.361 e. The van der Waals surface area contributed by atoms with Crippen LogP contribution in [0.5, 0.6) is 0 Å². The third-order valence-corrected chi connectivity index (χ3v) is 4.80. The largest absolute Gasteiger partial charge is 0.361 e. The zero-order valence-corrected chi connectivity index (χ0v) is 19.0. The number of hydrogen-bond acceptors (Lipinski definition) is 3. The lowest BCUT2D eigenvalue weighted by molar-refractivity contribution is 0.789. The van der Waals surface area contributed by atoms with E-state index in [4.69, 9.17) is 0 Å². The molecule has 0 saturated heterocycles. The summed E-state index contributed by atoms with van der Waals surface area (Å²) in [6, 6.07) is 12.3. The molecule has 0 radical (unpaired) electrons. The molecule has 0 atom stereocenters. The van der Waals surface area contributed by atoms with Crippen molar-refractivity contribution in [2.24, 2.45) is 4.99 Å². The Hall–Kier alpha value is -2.62. The van der Waals surface area contributed by atoms with Gasteiger partial charge in [-0.1, -0.05) is 24.3 Å². The van der Waals surface area contributed by atoms with E-state index < -0.39 is 0 Å². The van der Waals surface area contributed by atoms with Crippen molar-refractivity contribution in [2.45, 2.75) is 26.8 Å². The molecule has 0 aliphatic carbocycles. The van der Waals surface area contributed by atoms with Gasteiger partial charge in [-0.2, -0.15) is 0 Å². The number of aryl methyl sites for hydroxylation is 1. The zero-order chi connectivity index (χ0) is 19.3. The Morgan fingerprint density at radius 3 is 2.90 bits per heavy atom. The van der Waals surface area contributed by atoms with Crippen LogP contribution in [-0.2, 0) is 13.0 Å². The maximum Gasteiger partial charge on any atom is 0.191 e. The first-order chi connectivity index (χ1) is 13.8. The minimum atomic E-state index is 0. The number of halogens is 1. The highest BCUT2D eigenvalue weighted by Crippen LogP contribution is 2.21. The van der Waals surface area contributed by atoms with E-state index in [-0.39, 0.29) is 24.0 Å². The molecule has 3 aromatic heterocycles. The SMILES string of the molecule is CCNC(=NCc1nnc2ccccn12)NCCc1c[nH]c2c(C)cccc12.I. The fourth-order valence-corrected chi connectivity index (χ4v) is 3.38. The van der Waals surface area contributed by atoms with Crippen LogP contribution in [0.15, 0.2) is 53.8 Å². The van der Waals surface area contributed by atoms with Crippen LogP contribution in [0.25, 0.3) is 16.6 Å². The smallest absolute Gasteiger partial charge is 0.191 e. The van der Waals surface area contributed by atoms with Crippen LogP contribution in [-0.4, -0.2) is 38.6 Å². The molecular formula is C21H26IN7. The summed E-state index contributed by atoms with van der Waals surface area (Å²) in [6.45, 7) is 6.26. The highest BCUT2D eigenvalue weighted by molar-refractivity contribution is 14.0. The number of nitrogens with zero attached hydrogens (tertiary/aromatic N) is 4. The second-order valence-corrected chi connectivity index (χ2v) is 6.73. The normalized spacial score (nSPS) is 11.6. The third kappa shape index (κ3) is 4.69. The second kappa shape index (κ2) is 9.73. The van der Waals surface area contributed by atoms with Gasteiger partial charge in [0.25, 0.3) is 0 Å². The van der Waals surface area contributed by atoms with Crippen LogP contribution < -0.4 is 10.6 Å². The number of rotatable bonds is 6. The monoisotopic (exact) mass is 503 g/mol. The van der Waals surface area contributed by atoms with Crippen molar-refractivity contribution in [1.29, 1.82) is 0 Å². The van der Waals surface area contributed by atoms with Gasteiger partial charge < -0.3 is 15.6 Å². The maximum atomic E-state index is 4.66. The van der Waals surface area contributed by atoms with Crippen molar-refractivity contribution in [1.82, 2.24) is 30.2 Å². The Morgan fingerprint density at radius 2 is 2.03 bits per heavy atom. The first-order valence-corrected chi connectivity index (χ1v) is 9.62. The minimum absolute atomic E-state index is 0. The fourth-order valence-electron chi connectivity index (χ4n) is 3.38. The third-order valence-electron chi connectivity index (χ3n) is 4.80. The zero-order valence-electron chi connectivity index (χ0n) is 16.6. The van der Waals surface area contributed by atoms with Crippen molar-refractivity contribution in [3.63, 3.8) is 0 Å². The topological polar surface area (TPSA) is 82.4 Å². The summed E-state index contributed by atoms with van der Waals surface area (Å²) in [4.78, 5) is 8.05. The lowest BCUT2D eigenvalue weighted by Gasteiger charge is -2.11. The number of nitrogens with one attached hydrogen (secondary N) is 3. The van der Waals surface area contributed by atoms with Gasteiger partial charge in [-0.15, -0.1) is 34.2 Å². The van der Waals surface area contributed by atoms with Gasteiger partial charge in [-0.3, -0.25) is 4.40 Å². The van der Waals surface area contributed by atoms with E-state index in [1.807, 2.05) is 28.8 Å². The molecule has 29 heavy (non-hydrogen) atoms. The summed E-state index contributed by atoms with van der Waals surface area (Å²) in [5.41, 5.74) is 4.63. The number of guanidine groups is 1. The molecule has 8 heteroatoms. The van der Waals surface area contributed by atoms with Crippen molar-refractivity contribution < 1.29 is 0 Å². The summed E-state index contributed by atoms with van der Waals surface area (Å²) in [5.74, 6) is 1.60. The lowest BCUT2D eigenvalue weighted by Crippen LogP contribution is -2.38. The first kappa shape index (κ1) is 21.1. The molecule has 0 aliphatic heterocycles. The van der Waals surface area contributed by atoms with Gasteiger partial charge in [0.2, 0.25) is 0 Å². The molecule has 0 aliphatic rings. The fraction of sp³-hybridized carbons (Fsp3) is 0.286. The average Bonchev–Trinajstić information content (AvgIpc) is 3.31. The molecule has 3 N–H and O–H groups in total. The van der Waals surface area contributed by atoms with Gasteiger partial charge in [0.05, 0.1) is 0 Å². The molecule has 152 valence electrons. The predicted molar refractivity (Wildman–Crippen MR) is 128 cm³/mol. The van der Waals surface area contributed by atoms with Gasteiger partial charge in [0.15, 0.2) is 17.4 Å². The van der Waals surface area contributed by atoms with E-state index in [2.05, 4.69) is 69.1 Å². The number of hydrogen-bond donors (Lipinski definition) is 3. The number of aromatic amines is 1. The molecule has 4 aromatic rings. The lowest BCUT2D eigenvalue weighted by atomic mass is 10.1. The van der Waals surface area contributed by atoms with E-state index in [1.54, 1.807) is 0 Å². The number of H-pyrrole nitrogens is 1. The molecule has 0 unspecified atom stereocenters. The molecule has 3 heterocycles. The van der Waals surface area contributed by atoms with Crippen LogP contribution in [0.4, 0.5) is 0 Å². The number of pyridine rings is 1. The molecule has 0 fully saturated rings. The van der Waals surface area contributed by atoms with Crippen LogP contribution >= 0.6 is 24.0 Å². The molecule has 0 spiro atoms. The summed E-state index contributed by atoms with van der Waals surface area (Å²) < 4.78 is 1.96. The summed E-state index contributed by atoms with van der Waals surface area (Å²) in [6.07, 6.45) is 4.98. The average molecular weight is 503 g/mol. The van der Waals surface area contributed by atoms with Crippen LogP contribution in [0.2, 0.25) is 0 Å². The molecule has 4 rings (SSSR count). The van der Waals surface area contributed by atoms with Gasteiger partial charge in [0.1, 0.15) is 6.54 Å². The van der Waals surface area contributed by atoms with Gasteiger partial charge >= 0.3 is 0 Å². The predicted octanol–water partition coefficient (Wildman–Crippen LogP) is 3.43. The second-order valence-electron chi connectivity index (χ2n) is 6.73. The van der Waals surface area contributed by atoms with Crippen LogP contribution in [0.1, 0.15) is 23.9 Å². The van der Waals surface area contributed by atoms with Crippen molar-refractivity contribution in [2.75, 3.05) is 13.1 Å². The molecule has 1 aromatic carbocycles. The molecule has 0 saturated carbocycles. The van der Waals surface area contributed by atoms with Crippen molar-refractivity contribution in [3.05, 3.63) is 65.7 Å².